The topological polar surface area (TPSA) is 73.0 Å². The van der Waals surface area contributed by atoms with Crippen LogP contribution in [0, 0.1) is 0 Å². The number of rotatable bonds is 6. The zero-order chi connectivity index (χ0) is 25.5. The molecule has 0 radical (unpaired) electrons. The van der Waals surface area contributed by atoms with Gasteiger partial charge in [-0.05, 0) is 49.2 Å². The van der Waals surface area contributed by atoms with E-state index in [2.05, 4.69) is 10.00 Å². The van der Waals surface area contributed by atoms with E-state index in [4.69, 9.17) is 4.98 Å². The standard InChI is InChI=1S/C25H26F3N5O2S/c1-31-17-21(15-29-31)33-16-19(3-2-10-32-11-13-36(34,35)14-12-32)22-8-9-23(30-24(22)33)18-4-6-20(7-5-18)25(26,27)28/h4-9,15-17H,2-3,10-14H2,1H3. The monoisotopic (exact) mass is 517 g/mol. The SMILES string of the molecule is Cn1cc(-n2cc(CCCN3CCS(=O)(=O)CC3)c3ccc(-c4ccc(C(F)(F)F)cc4)nc32)cn1. The van der Waals surface area contributed by atoms with Crippen LogP contribution in [0.15, 0.2) is 55.0 Å². The van der Waals surface area contributed by atoms with Gasteiger partial charge in [-0.15, -0.1) is 0 Å². The molecule has 190 valence electrons. The van der Waals surface area contributed by atoms with Crippen molar-refractivity contribution in [2.24, 2.45) is 7.05 Å². The molecule has 11 heteroatoms. The minimum absolute atomic E-state index is 0.212. The zero-order valence-corrected chi connectivity index (χ0v) is 20.6. The van der Waals surface area contributed by atoms with Crippen LogP contribution in [0.4, 0.5) is 13.2 Å². The van der Waals surface area contributed by atoms with Crippen molar-refractivity contribution < 1.29 is 21.6 Å². The second-order valence-electron chi connectivity index (χ2n) is 9.14. The van der Waals surface area contributed by atoms with Crippen LogP contribution in [0.3, 0.4) is 0 Å². The van der Waals surface area contributed by atoms with Crippen LogP contribution in [0.1, 0.15) is 17.5 Å². The van der Waals surface area contributed by atoms with E-state index >= 15 is 0 Å². The van der Waals surface area contributed by atoms with E-state index in [0.29, 0.717) is 30.0 Å². The molecule has 3 aromatic heterocycles. The lowest BCUT2D eigenvalue weighted by molar-refractivity contribution is -0.137. The van der Waals surface area contributed by atoms with Crippen molar-refractivity contribution in [3.8, 4) is 16.9 Å². The van der Waals surface area contributed by atoms with Crippen molar-refractivity contribution in [1.82, 2.24) is 24.2 Å². The number of hydrogen-bond acceptors (Lipinski definition) is 5. The summed E-state index contributed by atoms with van der Waals surface area (Å²) >= 11 is 0. The van der Waals surface area contributed by atoms with Gasteiger partial charge in [0.15, 0.2) is 9.84 Å². The molecule has 0 spiro atoms. The van der Waals surface area contributed by atoms with Gasteiger partial charge in [0.25, 0.3) is 0 Å². The number of pyridine rings is 1. The molecular formula is C25H26F3N5O2S. The van der Waals surface area contributed by atoms with E-state index in [1.807, 2.05) is 36.1 Å². The van der Waals surface area contributed by atoms with Gasteiger partial charge in [0, 0.05) is 43.5 Å². The Hall–Kier alpha value is -3.18. The minimum atomic E-state index is -4.39. The van der Waals surface area contributed by atoms with E-state index in [-0.39, 0.29) is 11.5 Å². The summed E-state index contributed by atoms with van der Waals surface area (Å²) in [6.07, 6.45) is 2.92. The number of benzene rings is 1. The van der Waals surface area contributed by atoms with Gasteiger partial charge in [0.1, 0.15) is 5.65 Å². The molecule has 0 N–H and O–H groups in total. The van der Waals surface area contributed by atoms with E-state index in [0.717, 1.165) is 48.2 Å². The van der Waals surface area contributed by atoms with Gasteiger partial charge in [-0.2, -0.15) is 18.3 Å². The Bertz CT molecular complexity index is 1480. The average molecular weight is 518 g/mol. The van der Waals surface area contributed by atoms with E-state index < -0.39 is 21.6 Å². The van der Waals surface area contributed by atoms with Gasteiger partial charge in [-0.25, -0.2) is 13.4 Å². The van der Waals surface area contributed by atoms with Crippen molar-refractivity contribution in [2.75, 3.05) is 31.1 Å². The fourth-order valence-corrected chi connectivity index (χ4v) is 5.83. The van der Waals surface area contributed by atoms with Crippen molar-refractivity contribution in [2.45, 2.75) is 19.0 Å². The third-order valence-corrected chi connectivity index (χ3v) is 8.18. The zero-order valence-electron chi connectivity index (χ0n) is 19.7. The first-order chi connectivity index (χ1) is 17.1. The minimum Gasteiger partial charge on any atom is -0.301 e. The van der Waals surface area contributed by atoms with Crippen molar-refractivity contribution in [1.29, 1.82) is 0 Å². The Kier molecular flexibility index (Phi) is 6.37. The summed E-state index contributed by atoms with van der Waals surface area (Å²) in [6, 6.07) is 8.81. The summed E-state index contributed by atoms with van der Waals surface area (Å²) in [7, 11) is -1.07. The van der Waals surface area contributed by atoms with Gasteiger partial charge in [-0.3, -0.25) is 9.25 Å². The first kappa shape index (κ1) is 24.5. The van der Waals surface area contributed by atoms with E-state index in [1.165, 1.54) is 12.1 Å². The molecule has 36 heavy (non-hydrogen) atoms. The highest BCUT2D eigenvalue weighted by Crippen LogP contribution is 2.32. The summed E-state index contributed by atoms with van der Waals surface area (Å²) in [5.41, 5.74) is 3.14. The Labute approximate surface area is 207 Å². The number of aryl methyl sites for hydroxylation is 2. The molecular weight excluding hydrogens is 491 g/mol. The summed E-state index contributed by atoms with van der Waals surface area (Å²) in [6.45, 7) is 1.95. The molecule has 1 fully saturated rings. The highest BCUT2D eigenvalue weighted by Gasteiger charge is 2.30. The van der Waals surface area contributed by atoms with Crippen LogP contribution >= 0.6 is 0 Å². The van der Waals surface area contributed by atoms with Crippen molar-refractivity contribution in [3.05, 3.63) is 66.1 Å². The van der Waals surface area contributed by atoms with Gasteiger partial charge in [0.2, 0.25) is 0 Å². The molecule has 1 aliphatic rings. The molecule has 0 unspecified atom stereocenters. The highest BCUT2D eigenvalue weighted by atomic mass is 32.2. The molecule has 1 aromatic carbocycles. The van der Waals surface area contributed by atoms with Crippen LogP contribution in [0.2, 0.25) is 0 Å². The largest absolute Gasteiger partial charge is 0.416 e. The molecule has 7 nitrogen and oxygen atoms in total. The average Bonchev–Trinajstić information content (AvgIpc) is 3.43. The maximum absolute atomic E-state index is 13.0. The number of halogens is 3. The van der Waals surface area contributed by atoms with Crippen LogP contribution < -0.4 is 0 Å². The molecule has 5 rings (SSSR count). The first-order valence-electron chi connectivity index (χ1n) is 11.7. The third kappa shape index (κ3) is 5.17. The van der Waals surface area contributed by atoms with E-state index in [9.17, 15) is 21.6 Å². The van der Waals surface area contributed by atoms with Crippen molar-refractivity contribution >= 4 is 20.9 Å². The molecule has 1 saturated heterocycles. The Morgan fingerprint density at radius 3 is 2.36 bits per heavy atom. The Morgan fingerprint density at radius 1 is 1.00 bits per heavy atom. The van der Waals surface area contributed by atoms with Crippen LogP contribution in [0.5, 0.6) is 0 Å². The van der Waals surface area contributed by atoms with Crippen LogP contribution in [-0.4, -0.2) is 63.8 Å². The van der Waals surface area contributed by atoms with E-state index in [1.54, 1.807) is 10.9 Å². The second kappa shape index (κ2) is 9.36. The highest BCUT2D eigenvalue weighted by molar-refractivity contribution is 7.91. The molecule has 0 saturated carbocycles. The number of alkyl halides is 3. The molecule has 0 atom stereocenters. The van der Waals surface area contributed by atoms with Gasteiger partial charge < -0.3 is 4.90 Å². The smallest absolute Gasteiger partial charge is 0.301 e. The molecule has 0 bridgehead atoms. The van der Waals surface area contributed by atoms with Crippen LogP contribution in [-0.2, 0) is 29.5 Å². The normalized spacial score (nSPS) is 16.6. The Balaban J connectivity index is 1.43. The molecule has 4 heterocycles. The maximum atomic E-state index is 13.0. The lowest BCUT2D eigenvalue weighted by atomic mass is 10.1. The summed E-state index contributed by atoms with van der Waals surface area (Å²) in [4.78, 5) is 7.01. The lowest BCUT2D eigenvalue weighted by Crippen LogP contribution is -2.40. The molecule has 1 aliphatic heterocycles. The predicted octanol–water partition coefficient (Wildman–Crippen LogP) is 4.11. The lowest BCUT2D eigenvalue weighted by Gasteiger charge is -2.26. The quantitative estimate of drug-likeness (QED) is 0.385. The fraction of sp³-hybridized carbons (Fsp3) is 0.360. The third-order valence-electron chi connectivity index (χ3n) is 6.57. The number of hydrogen-bond donors (Lipinski definition) is 0. The first-order valence-corrected chi connectivity index (χ1v) is 13.5. The second-order valence-corrected chi connectivity index (χ2v) is 11.4. The number of sulfone groups is 1. The molecule has 0 aliphatic carbocycles. The Morgan fingerprint density at radius 2 is 1.72 bits per heavy atom. The summed E-state index contributed by atoms with van der Waals surface area (Å²) in [5, 5.41) is 5.23. The fourth-order valence-electron chi connectivity index (χ4n) is 4.56. The van der Waals surface area contributed by atoms with Gasteiger partial charge in [-0.1, -0.05) is 12.1 Å². The number of fused-ring (bicyclic) bond motifs is 1. The predicted molar refractivity (Wildman–Crippen MR) is 132 cm³/mol. The molecule has 0 amide bonds. The van der Waals surface area contributed by atoms with Crippen molar-refractivity contribution in [3.63, 3.8) is 0 Å². The molecule has 4 aromatic rings. The van der Waals surface area contributed by atoms with Crippen LogP contribution in [0.25, 0.3) is 28.0 Å². The number of aromatic nitrogens is 4. The summed E-state index contributed by atoms with van der Waals surface area (Å²) < 4.78 is 65.9. The summed E-state index contributed by atoms with van der Waals surface area (Å²) in [5.74, 6) is 0.425. The maximum Gasteiger partial charge on any atom is 0.416 e. The van der Waals surface area contributed by atoms with Gasteiger partial charge >= 0.3 is 6.18 Å². The van der Waals surface area contributed by atoms with Gasteiger partial charge in [0.05, 0.1) is 34.6 Å². The number of nitrogens with zero attached hydrogens (tertiary/aromatic N) is 5.